The third kappa shape index (κ3) is 6.19. The van der Waals surface area contributed by atoms with Gasteiger partial charge in [0.2, 0.25) is 0 Å². The molecule has 0 bridgehead atoms. The van der Waals surface area contributed by atoms with E-state index in [-0.39, 0.29) is 12.4 Å². The largest absolute Gasteiger partial charge is 0.456 e. The molecule has 0 saturated carbocycles. The molecular weight excluding hydrogens is 432 g/mol. The van der Waals surface area contributed by atoms with Crippen LogP contribution in [-0.2, 0) is 38.0 Å². The highest BCUT2D eigenvalue weighted by molar-refractivity contribution is 6.83. The van der Waals surface area contributed by atoms with Gasteiger partial charge in [-0.1, -0.05) is 19.6 Å². The number of rotatable bonds is 6. The number of ether oxygens (including phenoxy) is 6. The molecule has 0 aromatic rings. The Labute approximate surface area is 191 Å². The average Bonchev–Trinajstić information content (AvgIpc) is 3.23. The molecule has 0 aliphatic carbocycles. The van der Waals surface area contributed by atoms with Crippen molar-refractivity contribution < 1.29 is 38.0 Å². The summed E-state index contributed by atoms with van der Waals surface area (Å²) in [5.74, 6) is -0.259. The van der Waals surface area contributed by atoms with Crippen molar-refractivity contribution in [2.24, 2.45) is 5.92 Å². The SMILES string of the molecule is CC(=O)C(CCC#C[Si](C)(C)C)C(=O)O[C@@H]1[C@H]([C@@H]2COC(C)(C)O2)O[C@@H]2OC(C)(C)O[C@@H]21. The molecule has 3 rings (SSSR count). The quantitative estimate of drug-likeness (QED) is 0.254. The van der Waals surface area contributed by atoms with Crippen molar-refractivity contribution in [1.29, 1.82) is 0 Å². The minimum Gasteiger partial charge on any atom is -0.456 e. The van der Waals surface area contributed by atoms with Crippen LogP contribution in [0.25, 0.3) is 0 Å². The zero-order valence-electron chi connectivity index (χ0n) is 20.4. The minimum absolute atomic E-state index is 0.248. The lowest BCUT2D eigenvalue weighted by Gasteiger charge is -2.29. The lowest BCUT2D eigenvalue weighted by atomic mass is 9.99. The molecule has 3 saturated heterocycles. The summed E-state index contributed by atoms with van der Waals surface area (Å²) in [6, 6.07) is 0. The maximum atomic E-state index is 13.1. The van der Waals surface area contributed by atoms with Crippen molar-refractivity contribution in [3.05, 3.63) is 0 Å². The highest BCUT2D eigenvalue weighted by Crippen LogP contribution is 2.42. The molecule has 1 unspecified atom stereocenters. The van der Waals surface area contributed by atoms with Crippen molar-refractivity contribution in [2.75, 3.05) is 6.61 Å². The number of esters is 1. The second kappa shape index (κ2) is 9.16. The minimum atomic E-state index is -1.51. The van der Waals surface area contributed by atoms with Crippen LogP contribution in [0.15, 0.2) is 0 Å². The molecule has 9 heteroatoms. The Hall–Kier alpha value is -1.28. The fraction of sp³-hybridized carbons (Fsp3) is 0.826. The summed E-state index contributed by atoms with van der Waals surface area (Å²) in [6.07, 6.45) is -2.42. The van der Waals surface area contributed by atoms with Gasteiger partial charge >= 0.3 is 5.97 Å². The number of ketones is 1. The van der Waals surface area contributed by atoms with Crippen molar-refractivity contribution in [3.8, 4) is 11.5 Å². The number of Topliss-reactive ketones (excluding diaryl/α,β-unsaturated/α-hetero) is 1. The van der Waals surface area contributed by atoms with Gasteiger partial charge in [0.25, 0.3) is 0 Å². The van der Waals surface area contributed by atoms with E-state index in [0.29, 0.717) is 12.8 Å². The molecule has 32 heavy (non-hydrogen) atoms. The second-order valence-corrected chi connectivity index (χ2v) is 15.3. The van der Waals surface area contributed by atoms with Crippen molar-refractivity contribution >= 4 is 19.8 Å². The monoisotopic (exact) mass is 468 g/mol. The lowest BCUT2D eigenvalue weighted by molar-refractivity contribution is -0.236. The number of carbonyl (C=O) groups excluding carboxylic acids is 2. The zero-order chi connectivity index (χ0) is 23.9. The maximum absolute atomic E-state index is 13.1. The van der Waals surface area contributed by atoms with Gasteiger partial charge in [0.1, 0.15) is 32.0 Å². The Bertz CT molecular complexity index is 790. The Morgan fingerprint density at radius 3 is 2.31 bits per heavy atom. The summed E-state index contributed by atoms with van der Waals surface area (Å²) in [4.78, 5) is 25.3. The summed E-state index contributed by atoms with van der Waals surface area (Å²) < 4.78 is 35.4. The molecule has 0 spiro atoms. The fourth-order valence-electron chi connectivity index (χ4n) is 4.06. The van der Waals surface area contributed by atoms with Gasteiger partial charge in [-0.2, -0.15) is 0 Å². The topological polar surface area (TPSA) is 89.5 Å². The van der Waals surface area contributed by atoms with Crippen LogP contribution in [-0.4, -0.2) is 68.7 Å². The molecule has 0 amide bonds. The van der Waals surface area contributed by atoms with E-state index in [1.807, 2.05) is 13.8 Å². The molecule has 8 nitrogen and oxygen atoms in total. The van der Waals surface area contributed by atoms with Crippen molar-refractivity contribution in [1.82, 2.24) is 0 Å². The summed E-state index contributed by atoms with van der Waals surface area (Å²) >= 11 is 0. The number of fused-ring (bicyclic) bond motifs is 1. The van der Waals surface area contributed by atoms with Crippen LogP contribution in [0.5, 0.6) is 0 Å². The molecule has 0 N–H and O–H groups in total. The fourth-order valence-corrected chi connectivity index (χ4v) is 4.72. The number of hydrogen-bond acceptors (Lipinski definition) is 8. The van der Waals surface area contributed by atoms with Crippen LogP contribution < -0.4 is 0 Å². The summed E-state index contributed by atoms with van der Waals surface area (Å²) in [6.45, 7) is 15.3. The smallest absolute Gasteiger partial charge is 0.316 e. The van der Waals surface area contributed by atoms with Gasteiger partial charge in [-0.05, 0) is 41.0 Å². The van der Waals surface area contributed by atoms with E-state index < -0.39 is 62.2 Å². The van der Waals surface area contributed by atoms with Gasteiger partial charge in [-0.25, -0.2) is 0 Å². The van der Waals surface area contributed by atoms with Crippen molar-refractivity contribution in [2.45, 2.75) is 109 Å². The van der Waals surface area contributed by atoms with E-state index in [1.165, 1.54) is 6.92 Å². The first kappa shape index (κ1) is 25.3. The molecule has 0 aromatic heterocycles. The molecule has 0 radical (unpaired) electrons. The van der Waals surface area contributed by atoms with Gasteiger partial charge in [0.05, 0.1) is 6.61 Å². The van der Waals surface area contributed by atoms with Gasteiger partial charge < -0.3 is 28.4 Å². The van der Waals surface area contributed by atoms with E-state index in [9.17, 15) is 9.59 Å². The Kier molecular flexibility index (Phi) is 7.26. The summed E-state index contributed by atoms with van der Waals surface area (Å²) in [5.41, 5.74) is 3.26. The molecular formula is C23H36O8Si. The summed E-state index contributed by atoms with van der Waals surface area (Å²) in [7, 11) is -1.51. The van der Waals surface area contributed by atoms with E-state index in [2.05, 4.69) is 31.1 Å². The molecule has 6 atom stereocenters. The predicted molar refractivity (Wildman–Crippen MR) is 118 cm³/mol. The maximum Gasteiger partial charge on any atom is 0.316 e. The third-order valence-corrected chi connectivity index (χ3v) is 6.40. The van der Waals surface area contributed by atoms with Crippen LogP contribution in [0.3, 0.4) is 0 Å². The Morgan fingerprint density at radius 2 is 1.75 bits per heavy atom. The first-order chi connectivity index (χ1) is 14.7. The second-order valence-electron chi connectivity index (χ2n) is 10.6. The van der Waals surface area contributed by atoms with Gasteiger partial charge in [0, 0.05) is 6.42 Å². The van der Waals surface area contributed by atoms with Gasteiger partial charge in [-0.3, -0.25) is 9.59 Å². The van der Waals surface area contributed by atoms with E-state index in [0.717, 1.165) is 0 Å². The van der Waals surface area contributed by atoms with Crippen LogP contribution >= 0.6 is 0 Å². The molecule has 3 fully saturated rings. The average molecular weight is 469 g/mol. The number of hydrogen-bond donors (Lipinski definition) is 0. The van der Waals surface area contributed by atoms with Crippen LogP contribution in [0.1, 0.15) is 47.5 Å². The van der Waals surface area contributed by atoms with Crippen molar-refractivity contribution in [3.63, 3.8) is 0 Å². The van der Waals surface area contributed by atoms with E-state index in [1.54, 1.807) is 13.8 Å². The van der Waals surface area contributed by atoms with E-state index in [4.69, 9.17) is 28.4 Å². The lowest BCUT2D eigenvalue weighted by Crippen LogP contribution is -2.46. The standard InChI is InChI=1S/C23H36O8Si/c1-14(24)15(11-9-10-12-32(6,7)8)20(25)27-18-17(16-13-26-22(2,3)29-16)28-21-19(18)30-23(4,5)31-21/h15-19,21H,9,11,13H2,1-8H3/t15?,16-,17-,18+,19+,21+/m0/s1. The van der Waals surface area contributed by atoms with Gasteiger partial charge in [0.15, 0.2) is 30.1 Å². The van der Waals surface area contributed by atoms with Crippen LogP contribution in [0, 0.1) is 17.4 Å². The molecule has 3 heterocycles. The molecule has 3 aliphatic rings. The normalized spacial score (nSPS) is 33.8. The number of carbonyl (C=O) groups is 2. The van der Waals surface area contributed by atoms with Crippen LogP contribution in [0.4, 0.5) is 0 Å². The zero-order valence-corrected chi connectivity index (χ0v) is 21.4. The highest BCUT2D eigenvalue weighted by atomic mass is 28.3. The Balaban J connectivity index is 1.73. The van der Waals surface area contributed by atoms with E-state index >= 15 is 0 Å². The van der Waals surface area contributed by atoms with Gasteiger partial charge in [-0.15, -0.1) is 11.5 Å². The first-order valence-corrected chi connectivity index (χ1v) is 14.7. The highest BCUT2D eigenvalue weighted by Gasteiger charge is 2.60. The molecule has 3 aliphatic heterocycles. The predicted octanol–water partition coefficient (Wildman–Crippen LogP) is 2.79. The molecule has 0 aromatic carbocycles. The summed E-state index contributed by atoms with van der Waals surface area (Å²) in [5, 5.41) is 0. The van der Waals surface area contributed by atoms with Crippen LogP contribution in [0.2, 0.25) is 19.6 Å². The molecule has 180 valence electrons. The Morgan fingerprint density at radius 1 is 1.06 bits per heavy atom. The first-order valence-electron chi connectivity index (χ1n) is 11.2. The third-order valence-electron chi connectivity index (χ3n) is 5.47.